The standard InChI is InChI=1S/C18H16ClN/c19-16-11-5-10-15-13-8-4-9-14(13)17(20-18(15)16)12-6-2-1-3-7-12/h1-8,10-11,13-14,17,20H,9H2/t13-,14+,17+/m1/s1. The lowest BCUT2D eigenvalue weighted by atomic mass is 9.77. The molecule has 1 heterocycles. The van der Waals surface area contributed by atoms with E-state index in [0.717, 1.165) is 17.1 Å². The van der Waals surface area contributed by atoms with E-state index in [-0.39, 0.29) is 0 Å². The molecule has 0 unspecified atom stereocenters. The van der Waals surface area contributed by atoms with Crippen LogP contribution in [0.15, 0.2) is 60.7 Å². The summed E-state index contributed by atoms with van der Waals surface area (Å²) in [5.41, 5.74) is 3.79. The minimum absolute atomic E-state index is 0.337. The Balaban J connectivity index is 1.83. The minimum atomic E-state index is 0.337. The van der Waals surface area contributed by atoms with Gasteiger partial charge < -0.3 is 5.32 Å². The first-order valence-electron chi connectivity index (χ1n) is 7.11. The van der Waals surface area contributed by atoms with Crippen molar-refractivity contribution < 1.29 is 0 Å². The third-order valence-corrected chi connectivity index (χ3v) is 4.82. The molecule has 4 rings (SSSR count). The van der Waals surface area contributed by atoms with Crippen LogP contribution in [0.25, 0.3) is 0 Å². The van der Waals surface area contributed by atoms with Crippen LogP contribution in [0.1, 0.15) is 29.5 Å². The first kappa shape index (κ1) is 12.0. The number of rotatable bonds is 1. The molecule has 2 aromatic rings. The van der Waals surface area contributed by atoms with Crippen molar-refractivity contribution in [1.29, 1.82) is 0 Å². The maximum absolute atomic E-state index is 6.40. The molecule has 2 aromatic carbocycles. The van der Waals surface area contributed by atoms with Crippen molar-refractivity contribution in [3.63, 3.8) is 0 Å². The fourth-order valence-corrected chi connectivity index (χ4v) is 3.81. The summed E-state index contributed by atoms with van der Waals surface area (Å²) in [4.78, 5) is 0. The molecule has 1 aliphatic heterocycles. The van der Waals surface area contributed by atoms with Gasteiger partial charge in [0.05, 0.1) is 16.8 Å². The van der Waals surface area contributed by atoms with Crippen LogP contribution in [-0.4, -0.2) is 0 Å². The van der Waals surface area contributed by atoms with Gasteiger partial charge in [-0.3, -0.25) is 0 Å². The number of nitrogens with one attached hydrogen (secondary N) is 1. The number of hydrogen-bond donors (Lipinski definition) is 1. The second-order valence-corrected chi connectivity index (χ2v) is 6.00. The molecule has 3 atom stereocenters. The highest BCUT2D eigenvalue weighted by molar-refractivity contribution is 6.33. The Morgan fingerprint density at radius 3 is 2.70 bits per heavy atom. The first-order chi connectivity index (χ1) is 9.84. The molecule has 0 fully saturated rings. The van der Waals surface area contributed by atoms with Gasteiger partial charge in [-0.2, -0.15) is 0 Å². The van der Waals surface area contributed by atoms with E-state index in [1.807, 2.05) is 6.07 Å². The third kappa shape index (κ3) is 1.77. The van der Waals surface area contributed by atoms with Crippen LogP contribution in [0.3, 0.4) is 0 Å². The molecule has 1 nitrogen and oxygen atoms in total. The van der Waals surface area contributed by atoms with E-state index in [9.17, 15) is 0 Å². The Bertz CT molecular complexity index is 662. The van der Waals surface area contributed by atoms with Crippen molar-refractivity contribution in [3.05, 3.63) is 76.8 Å². The van der Waals surface area contributed by atoms with E-state index in [1.54, 1.807) is 0 Å². The molecule has 1 N–H and O–H groups in total. The van der Waals surface area contributed by atoms with E-state index in [4.69, 9.17) is 11.6 Å². The summed E-state index contributed by atoms with van der Waals surface area (Å²) in [6.07, 6.45) is 5.78. The van der Waals surface area contributed by atoms with Gasteiger partial charge in [0.15, 0.2) is 0 Å². The van der Waals surface area contributed by atoms with E-state index >= 15 is 0 Å². The number of halogens is 1. The predicted octanol–water partition coefficient (Wildman–Crippen LogP) is 5.17. The van der Waals surface area contributed by atoms with Gasteiger partial charge in [0, 0.05) is 5.92 Å². The predicted molar refractivity (Wildman–Crippen MR) is 84.2 cm³/mol. The van der Waals surface area contributed by atoms with Crippen LogP contribution in [0.5, 0.6) is 0 Å². The summed E-state index contributed by atoms with van der Waals surface area (Å²) in [5.74, 6) is 1.07. The Hall–Kier alpha value is -1.73. The Kier molecular flexibility index (Phi) is 2.82. The molecule has 0 saturated heterocycles. The average molecular weight is 282 g/mol. The molecule has 0 amide bonds. The van der Waals surface area contributed by atoms with Gasteiger partial charge in [0.2, 0.25) is 0 Å². The fourth-order valence-electron chi connectivity index (χ4n) is 3.57. The molecule has 2 heteroatoms. The lowest BCUT2D eigenvalue weighted by Crippen LogP contribution is -2.29. The minimum Gasteiger partial charge on any atom is -0.376 e. The summed E-state index contributed by atoms with van der Waals surface area (Å²) in [5, 5.41) is 4.50. The largest absolute Gasteiger partial charge is 0.376 e. The quantitative estimate of drug-likeness (QED) is 0.711. The molecule has 0 radical (unpaired) electrons. The highest BCUT2D eigenvalue weighted by Gasteiger charge is 2.38. The number of benzene rings is 2. The smallest absolute Gasteiger partial charge is 0.0640 e. The summed E-state index contributed by atoms with van der Waals surface area (Å²) in [6.45, 7) is 0. The number of anilines is 1. The topological polar surface area (TPSA) is 12.0 Å². The number of allylic oxidation sites excluding steroid dienone is 2. The zero-order valence-corrected chi connectivity index (χ0v) is 11.8. The molecular weight excluding hydrogens is 266 g/mol. The molecule has 20 heavy (non-hydrogen) atoms. The zero-order valence-electron chi connectivity index (χ0n) is 11.1. The molecule has 1 aliphatic carbocycles. The summed E-state index contributed by atoms with van der Waals surface area (Å²) in [6, 6.07) is 17.2. The fraction of sp³-hybridized carbons (Fsp3) is 0.222. The SMILES string of the molecule is Clc1cccc2c1N[C@@H](c1ccccc1)[C@H]1CC=C[C@@H]21. The molecular formula is C18H16ClN. The Labute approximate surface area is 124 Å². The maximum Gasteiger partial charge on any atom is 0.0640 e. The van der Waals surface area contributed by atoms with Crippen molar-refractivity contribution in [2.45, 2.75) is 18.4 Å². The van der Waals surface area contributed by atoms with E-state index in [2.05, 4.69) is 59.9 Å². The first-order valence-corrected chi connectivity index (χ1v) is 7.49. The molecule has 0 spiro atoms. The van der Waals surface area contributed by atoms with Crippen molar-refractivity contribution >= 4 is 17.3 Å². The van der Waals surface area contributed by atoms with Gasteiger partial charge in [-0.1, -0.05) is 66.2 Å². The monoisotopic (exact) mass is 281 g/mol. The lowest BCUT2D eigenvalue weighted by Gasteiger charge is -2.38. The summed E-state index contributed by atoms with van der Waals surface area (Å²) >= 11 is 6.40. The second kappa shape index (κ2) is 4.68. The highest BCUT2D eigenvalue weighted by Crippen LogP contribution is 2.51. The van der Waals surface area contributed by atoms with Crippen LogP contribution in [0.4, 0.5) is 5.69 Å². The molecule has 0 aromatic heterocycles. The lowest BCUT2D eigenvalue weighted by molar-refractivity contribution is 0.425. The van der Waals surface area contributed by atoms with Crippen LogP contribution >= 0.6 is 11.6 Å². The molecule has 0 saturated carbocycles. The number of fused-ring (bicyclic) bond motifs is 3. The Morgan fingerprint density at radius 2 is 1.85 bits per heavy atom. The van der Waals surface area contributed by atoms with Crippen LogP contribution < -0.4 is 5.32 Å². The molecule has 2 aliphatic rings. The summed E-state index contributed by atoms with van der Waals surface area (Å²) in [7, 11) is 0. The van der Waals surface area contributed by atoms with Gasteiger partial charge in [-0.05, 0) is 29.5 Å². The molecule has 100 valence electrons. The van der Waals surface area contributed by atoms with Crippen molar-refractivity contribution in [1.82, 2.24) is 0 Å². The third-order valence-electron chi connectivity index (χ3n) is 4.50. The maximum atomic E-state index is 6.40. The van der Waals surface area contributed by atoms with Crippen LogP contribution in [0.2, 0.25) is 5.02 Å². The van der Waals surface area contributed by atoms with E-state index in [1.165, 1.54) is 11.1 Å². The van der Waals surface area contributed by atoms with Crippen molar-refractivity contribution in [2.75, 3.05) is 5.32 Å². The second-order valence-electron chi connectivity index (χ2n) is 5.59. The van der Waals surface area contributed by atoms with E-state index in [0.29, 0.717) is 17.9 Å². The van der Waals surface area contributed by atoms with E-state index < -0.39 is 0 Å². The zero-order chi connectivity index (χ0) is 13.5. The normalized spacial score (nSPS) is 26.8. The van der Waals surface area contributed by atoms with Gasteiger partial charge in [0.25, 0.3) is 0 Å². The van der Waals surface area contributed by atoms with Gasteiger partial charge in [-0.25, -0.2) is 0 Å². The number of para-hydroxylation sites is 1. The van der Waals surface area contributed by atoms with Gasteiger partial charge in [-0.15, -0.1) is 0 Å². The Morgan fingerprint density at radius 1 is 1.00 bits per heavy atom. The van der Waals surface area contributed by atoms with Gasteiger partial charge >= 0.3 is 0 Å². The number of hydrogen-bond acceptors (Lipinski definition) is 1. The summed E-state index contributed by atoms with van der Waals surface area (Å²) < 4.78 is 0. The van der Waals surface area contributed by atoms with Crippen molar-refractivity contribution in [3.8, 4) is 0 Å². The highest BCUT2D eigenvalue weighted by atomic mass is 35.5. The average Bonchev–Trinajstić information content (AvgIpc) is 2.97. The van der Waals surface area contributed by atoms with Crippen LogP contribution in [0, 0.1) is 5.92 Å². The van der Waals surface area contributed by atoms with Gasteiger partial charge in [0.1, 0.15) is 0 Å². The van der Waals surface area contributed by atoms with Crippen LogP contribution in [-0.2, 0) is 0 Å². The molecule has 0 bridgehead atoms. The van der Waals surface area contributed by atoms with Crippen molar-refractivity contribution in [2.24, 2.45) is 5.92 Å².